The summed E-state index contributed by atoms with van der Waals surface area (Å²) in [6, 6.07) is -1.38. The Balaban J connectivity index is 2.04. The molecule has 0 aromatic rings. The number of carboxylic acids is 1. The topological polar surface area (TPSA) is 101 Å². The van der Waals surface area contributed by atoms with Gasteiger partial charge in [-0.3, -0.25) is 0 Å². The zero-order valence-corrected chi connectivity index (χ0v) is 10.9. The van der Waals surface area contributed by atoms with E-state index in [2.05, 4.69) is 0 Å². The molecule has 2 amide bonds. The van der Waals surface area contributed by atoms with Crippen LogP contribution in [0.3, 0.4) is 0 Å². The third-order valence-corrected chi connectivity index (χ3v) is 4.00. The summed E-state index contributed by atoms with van der Waals surface area (Å²) in [5.41, 5.74) is 0. The van der Waals surface area contributed by atoms with Crippen LogP contribution >= 0.6 is 0 Å². The Labute approximate surface area is 111 Å². The molecule has 4 atom stereocenters. The van der Waals surface area contributed by atoms with Gasteiger partial charge in [-0.05, 0) is 12.3 Å². The lowest BCUT2D eigenvalue weighted by Gasteiger charge is -2.37. The number of piperidine rings is 1. The van der Waals surface area contributed by atoms with Crippen molar-refractivity contribution in [3.63, 3.8) is 0 Å². The van der Waals surface area contributed by atoms with E-state index in [-0.39, 0.29) is 25.4 Å². The minimum absolute atomic E-state index is 0.0396. The molecule has 2 rings (SSSR count). The lowest BCUT2D eigenvalue weighted by atomic mass is 9.96. The van der Waals surface area contributed by atoms with Crippen molar-refractivity contribution in [3.8, 4) is 0 Å². The molecule has 7 nitrogen and oxygen atoms in total. The molecule has 0 bridgehead atoms. The Morgan fingerprint density at radius 1 is 1.21 bits per heavy atom. The van der Waals surface area contributed by atoms with Gasteiger partial charge in [0.05, 0.1) is 12.2 Å². The van der Waals surface area contributed by atoms with Crippen molar-refractivity contribution in [2.45, 2.75) is 38.0 Å². The van der Waals surface area contributed by atoms with Crippen LogP contribution in [0.4, 0.5) is 4.79 Å². The number of nitrogens with zero attached hydrogens (tertiary/aromatic N) is 2. The van der Waals surface area contributed by atoms with Crippen LogP contribution in [0.2, 0.25) is 0 Å². The van der Waals surface area contributed by atoms with Gasteiger partial charge >= 0.3 is 12.0 Å². The van der Waals surface area contributed by atoms with Crippen molar-refractivity contribution in [1.29, 1.82) is 0 Å². The third-order valence-electron chi connectivity index (χ3n) is 4.00. The zero-order chi connectivity index (χ0) is 14.2. The molecule has 0 aromatic carbocycles. The minimum Gasteiger partial charge on any atom is -0.480 e. The molecule has 0 radical (unpaired) electrons. The van der Waals surface area contributed by atoms with Gasteiger partial charge in [-0.15, -0.1) is 0 Å². The van der Waals surface area contributed by atoms with Crippen molar-refractivity contribution in [3.05, 3.63) is 0 Å². The molecule has 108 valence electrons. The van der Waals surface area contributed by atoms with E-state index in [1.807, 2.05) is 6.92 Å². The fourth-order valence-corrected chi connectivity index (χ4v) is 2.66. The number of hydrogen-bond acceptors (Lipinski definition) is 4. The van der Waals surface area contributed by atoms with Crippen LogP contribution in [0.5, 0.6) is 0 Å². The molecule has 2 saturated heterocycles. The SMILES string of the molecule is CC1CCN(C(=O)N2CC(O)C[C@H]2C(=O)O)CC1O. The van der Waals surface area contributed by atoms with E-state index in [1.165, 1.54) is 9.80 Å². The van der Waals surface area contributed by atoms with E-state index >= 15 is 0 Å². The van der Waals surface area contributed by atoms with E-state index in [1.54, 1.807) is 0 Å². The van der Waals surface area contributed by atoms with Gasteiger partial charge in [0.15, 0.2) is 0 Å². The number of aliphatic hydroxyl groups is 2. The first-order chi connectivity index (χ1) is 8.90. The summed E-state index contributed by atoms with van der Waals surface area (Å²) in [5, 5.41) is 28.4. The summed E-state index contributed by atoms with van der Waals surface area (Å²) >= 11 is 0. The lowest BCUT2D eigenvalue weighted by molar-refractivity contribution is -0.141. The van der Waals surface area contributed by atoms with Gasteiger partial charge < -0.3 is 25.1 Å². The fraction of sp³-hybridized carbons (Fsp3) is 0.833. The molecule has 0 spiro atoms. The van der Waals surface area contributed by atoms with E-state index in [0.717, 1.165) is 0 Å². The Morgan fingerprint density at radius 3 is 2.47 bits per heavy atom. The highest BCUT2D eigenvalue weighted by Crippen LogP contribution is 2.23. The summed E-state index contributed by atoms with van der Waals surface area (Å²) in [7, 11) is 0. The summed E-state index contributed by atoms with van der Waals surface area (Å²) in [4.78, 5) is 26.0. The Hall–Kier alpha value is -1.34. The molecule has 3 N–H and O–H groups in total. The number of β-amino-alcohol motifs (C(OH)–C–C–N with tert-alkyl or cyclic N) is 2. The molecule has 2 aliphatic rings. The van der Waals surface area contributed by atoms with E-state index in [4.69, 9.17) is 5.11 Å². The molecule has 0 saturated carbocycles. The van der Waals surface area contributed by atoms with Gasteiger partial charge in [-0.1, -0.05) is 6.92 Å². The van der Waals surface area contributed by atoms with Crippen molar-refractivity contribution in [2.75, 3.05) is 19.6 Å². The van der Waals surface area contributed by atoms with Crippen molar-refractivity contribution < 1.29 is 24.9 Å². The number of hydrogen-bond donors (Lipinski definition) is 3. The molecule has 19 heavy (non-hydrogen) atoms. The normalized spacial score (nSPS) is 35.5. The maximum absolute atomic E-state index is 12.3. The van der Waals surface area contributed by atoms with E-state index in [9.17, 15) is 19.8 Å². The average molecular weight is 272 g/mol. The van der Waals surface area contributed by atoms with Crippen molar-refractivity contribution in [2.24, 2.45) is 5.92 Å². The molecular weight excluding hydrogens is 252 g/mol. The maximum Gasteiger partial charge on any atom is 0.326 e. The second-order valence-corrected chi connectivity index (χ2v) is 5.46. The molecule has 2 fully saturated rings. The van der Waals surface area contributed by atoms with Gasteiger partial charge in [0.1, 0.15) is 6.04 Å². The highest BCUT2D eigenvalue weighted by Gasteiger charge is 2.41. The first-order valence-electron chi connectivity index (χ1n) is 6.54. The van der Waals surface area contributed by atoms with Crippen LogP contribution in [-0.4, -0.2) is 75.0 Å². The molecule has 2 heterocycles. The number of aliphatic carboxylic acids is 1. The second kappa shape index (κ2) is 5.34. The van der Waals surface area contributed by atoms with Crippen LogP contribution in [0.25, 0.3) is 0 Å². The number of carbonyl (C=O) groups is 2. The molecule has 7 heteroatoms. The fourth-order valence-electron chi connectivity index (χ4n) is 2.66. The largest absolute Gasteiger partial charge is 0.480 e. The van der Waals surface area contributed by atoms with E-state index in [0.29, 0.717) is 13.0 Å². The van der Waals surface area contributed by atoms with Gasteiger partial charge in [0, 0.05) is 26.1 Å². The smallest absolute Gasteiger partial charge is 0.326 e. The zero-order valence-electron chi connectivity index (χ0n) is 10.9. The Morgan fingerprint density at radius 2 is 1.89 bits per heavy atom. The summed E-state index contributed by atoms with van der Waals surface area (Å²) in [6.07, 6.45) is -0.610. The third kappa shape index (κ3) is 2.82. The molecule has 0 aliphatic carbocycles. The second-order valence-electron chi connectivity index (χ2n) is 5.46. The van der Waals surface area contributed by atoms with Gasteiger partial charge in [-0.2, -0.15) is 0 Å². The number of rotatable bonds is 1. The number of likely N-dealkylation sites (tertiary alicyclic amines) is 2. The maximum atomic E-state index is 12.3. The standard InChI is InChI=1S/C12H20N2O5/c1-7-2-3-13(6-10(7)16)12(19)14-5-8(15)4-9(14)11(17)18/h7-10,15-16H,2-6H2,1H3,(H,17,18)/t7?,8?,9-,10?/m0/s1. The quantitative estimate of drug-likeness (QED) is 0.587. The number of carboxylic acid groups (broad SMARTS) is 1. The van der Waals surface area contributed by atoms with Crippen LogP contribution < -0.4 is 0 Å². The van der Waals surface area contributed by atoms with Crippen LogP contribution in [0.15, 0.2) is 0 Å². The Bertz CT molecular complexity index is 375. The van der Waals surface area contributed by atoms with Crippen LogP contribution in [0.1, 0.15) is 19.8 Å². The number of urea groups is 1. The summed E-state index contributed by atoms with van der Waals surface area (Å²) in [5.74, 6) is -0.959. The van der Waals surface area contributed by atoms with Gasteiger partial charge in [0.2, 0.25) is 0 Å². The molecule has 3 unspecified atom stereocenters. The predicted octanol–water partition coefficient (Wildman–Crippen LogP) is -0.671. The molecular formula is C12H20N2O5. The molecule has 2 aliphatic heterocycles. The number of aliphatic hydroxyl groups excluding tert-OH is 2. The van der Waals surface area contributed by atoms with E-state index < -0.39 is 30.3 Å². The predicted molar refractivity (Wildman–Crippen MR) is 65.5 cm³/mol. The van der Waals surface area contributed by atoms with Gasteiger partial charge in [0.25, 0.3) is 0 Å². The monoisotopic (exact) mass is 272 g/mol. The van der Waals surface area contributed by atoms with Crippen LogP contribution in [0, 0.1) is 5.92 Å². The summed E-state index contributed by atoms with van der Waals surface area (Å²) in [6.45, 7) is 2.69. The lowest BCUT2D eigenvalue weighted by Crippen LogP contribution is -2.53. The number of carbonyl (C=O) groups excluding carboxylic acids is 1. The number of amides is 2. The highest BCUT2D eigenvalue weighted by molar-refractivity contribution is 5.83. The van der Waals surface area contributed by atoms with Gasteiger partial charge in [-0.25, -0.2) is 9.59 Å². The summed E-state index contributed by atoms with van der Waals surface area (Å²) < 4.78 is 0. The highest BCUT2D eigenvalue weighted by atomic mass is 16.4. The first kappa shape index (κ1) is 14.1. The van der Waals surface area contributed by atoms with Crippen molar-refractivity contribution in [1.82, 2.24) is 9.80 Å². The van der Waals surface area contributed by atoms with Crippen molar-refractivity contribution >= 4 is 12.0 Å². The first-order valence-corrected chi connectivity index (χ1v) is 6.54. The van der Waals surface area contributed by atoms with Crippen LogP contribution in [-0.2, 0) is 4.79 Å². The average Bonchev–Trinajstić information content (AvgIpc) is 2.74. The molecule has 0 aromatic heterocycles. The Kier molecular flexibility index (Phi) is 3.96. The minimum atomic E-state index is -1.10.